The van der Waals surface area contributed by atoms with E-state index in [0.717, 1.165) is 44.9 Å². The molecule has 0 unspecified atom stereocenters. The number of carbonyl (C=O) groups is 2. The van der Waals surface area contributed by atoms with E-state index in [1.54, 1.807) is 0 Å². The smallest absolute Gasteiger partial charge is 0.306 e. The van der Waals surface area contributed by atoms with Crippen LogP contribution in [-0.2, 0) is 28.5 Å². The SMILES string of the molecule is CCCCC/C=C\C/C=C\C/C=C\C/C=C\CCCC(=O)O[C@H](COC(=O)CCCCCCCCCCCCCCCCC)CO[C@@H]1O[C@H](CO)[C@@H](O)[C@H](O)[C@H]1O. The monoisotopic (exact) mass is 807 g/mol. The van der Waals surface area contributed by atoms with Crippen LogP contribution in [0.3, 0.4) is 0 Å². The normalized spacial score (nSPS) is 20.7. The fourth-order valence-electron chi connectivity index (χ4n) is 6.59. The summed E-state index contributed by atoms with van der Waals surface area (Å²) in [4.78, 5) is 25.3. The molecule has 1 rings (SSSR count). The summed E-state index contributed by atoms with van der Waals surface area (Å²) in [6.07, 6.45) is 36.9. The predicted octanol–water partition coefficient (Wildman–Crippen LogP) is 9.67. The molecule has 6 atom stereocenters. The first-order valence-corrected chi connectivity index (χ1v) is 22.7. The van der Waals surface area contributed by atoms with Gasteiger partial charge in [0, 0.05) is 12.8 Å². The quantitative estimate of drug-likeness (QED) is 0.0271. The minimum atomic E-state index is -1.60. The molecule has 1 aliphatic heterocycles. The zero-order chi connectivity index (χ0) is 41.6. The molecule has 1 saturated heterocycles. The Labute approximate surface area is 346 Å². The van der Waals surface area contributed by atoms with Gasteiger partial charge in [-0.3, -0.25) is 9.59 Å². The fraction of sp³-hybridized carbons (Fsp3) is 0.787. The lowest BCUT2D eigenvalue weighted by atomic mass is 9.99. The molecule has 0 bridgehead atoms. The second kappa shape index (κ2) is 37.9. The number of rotatable bonds is 37. The van der Waals surface area contributed by atoms with Gasteiger partial charge >= 0.3 is 11.9 Å². The van der Waals surface area contributed by atoms with Crippen LogP contribution in [0, 0.1) is 0 Å². The first-order valence-electron chi connectivity index (χ1n) is 22.7. The second-order valence-electron chi connectivity index (χ2n) is 15.5. The zero-order valence-corrected chi connectivity index (χ0v) is 35.8. The number of aliphatic hydroxyl groups excluding tert-OH is 4. The summed E-state index contributed by atoms with van der Waals surface area (Å²) < 4.78 is 22.1. The largest absolute Gasteiger partial charge is 0.462 e. The van der Waals surface area contributed by atoms with Crippen LogP contribution in [0.5, 0.6) is 0 Å². The average molecular weight is 807 g/mol. The summed E-state index contributed by atoms with van der Waals surface area (Å²) in [5.74, 6) is -0.870. The summed E-state index contributed by atoms with van der Waals surface area (Å²) in [7, 11) is 0. The molecule has 0 aromatic rings. The van der Waals surface area contributed by atoms with E-state index in [1.165, 1.54) is 96.3 Å². The molecule has 0 saturated carbocycles. The Morgan fingerprint density at radius 1 is 0.544 bits per heavy atom. The Balaban J connectivity index is 2.37. The van der Waals surface area contributed by atoms with E-state index in [2.05, 4.69) is 56.4 Å². The Hall–Kier alpha value is -2.34. The summed E-state index contributed by atoms with van der Waals surface area (Å²) in [6, 6.07) is 0. The first-order chi connectivity index (χ1) is 27.8. The molecule has 1 heterocycles. The molecular weight excluding hydrogens is 725 g/mol. The third-order valence-electron chi connectivity index (χ3n) is 10.2. The maximum atomic E-state index is 12.7. The molecule has 1 aliphatic rings. The van der Waals surface area contributed by atoms with Gasteiger partial charge < -0.3 is 39.4 Å². The van der Waals surface area contributed by atoms with E-state index in [4.69, 9.17) is 18.9 Å². The van der Waals surface area contributed by atoms with E-state index < -0.39 is 49.4 Å². The van der Waals surface area contributed by atoms with Crippen molar-refractivity contribution in [2.24, 2.45) is 0 Å². The van der Waals surface area contributed by atoms with E-state index in [9.17, 15) is 30.0 Å². The van der Waals surface area contributed by atoms with Gasteiger partial charge in [0.25, 0.3) is 0 Å². The van der Waals surface area contributed by atoms with Gasteiger partial charge in [-0.1, -0.05) is 165 Å². The van der Waals surface area contributed by atoms with Gasteiger partial charge in [-0.2, -0.15) is 0 Å². The molecule has 57 heavy (non-hydrogen) atoms. The highest BCUT2D eigenvalue weighted by molar-refractivity contribution is 5.70. The van der Waals surface area contributed by atoms with Crippen molar-refractivity contribution in [2.45, 2.75) is 218 Å². The highest BCUT2D eigenvalue weighted by atomic mass is 16.7. The van der Waals surface area contributed by atoms with Crippen LogP contribution in [0.25, 0.3) is 0 Å². The molecular formula is C47H82O10. The topological polar surface area (TPSA) is 152 Å². The lowest BCUT2D eigenvalue weighted by Crippen LogP contribution is -2.59. The van der Waals surface area contributed by atoms with Crippen LogP contribution in [0.1, 0.15) is 181 Å². The van der Waals surface area contributed by atoms with Gasteiger partial charge in [0.2, 0.25) is 0 Å². The van der Waals surface area contributed by atoms with Crippen molar-refractivity contribution in [1.82, 2.24) is 0 Å². The third-order valence-corrected chi connectivity index (χ3v) is 10.2. The minimum Gasteiger partial charge on any atom is -0.462 e. The van der Waals surface area contributed by atoms with Gasteiger partial charge in [0.05, 0.1) is 13.2 Å². The Bertz CT molecular complexity index is 1070. The van der Waals surface area contributed by atoms with E-state index in [0.29, 0.717) is 12.8 Å². The summed E-state index contributed by atoms with van der Waals surface area (Å²) in [5, 5.41) is 40.1. The molecule has 10 heteroatoms. The first kappa shape index (κ1) is 52.7. The van der Waals surface area contributed by atoms with Crippen LogP contribution >= 0.6 is 0 Å². The van der Waals surface area contributed by atoms with Crippen molar-refractivity contribution >= 4 is 11.9 Å². The number of carbonyl (C=O) groups excluding carboxylic acids is 2. The van der Waals surface area contributed by atoms with Crippen molar-refractivity contribution in [3.63, 3.8) is 0 Å². The number of hydrogen-bond acceptors (Lipinski definition) is 10. The number of hydrogen-bond donors (Lipinski definition) is 4. The molecule has 0 radical (unpaired) electrons. The highest BCUT2D eigenvalue weighted by Gasteiger charge is 2.44. The van der Waals surface area contributed by atoms with Crippen molar-refractivity contribution in [2.75, 3.05) is 19.8 Å². The Morgan fingerprint density at radius 3 is 1.53 bits per heavy atom. The lowest BCUT2D eigenvalue weighted by molar-refractivity contribution is -0.305. The van der Waals surface area contributed by atoms with Crippen molar-refractivity contribution < 1.29 is 49.0 Å². The summed E-state index contributed by atoms with van der Waals surface area (Å²) in [6.45, 7) is 3.34. The van der Waals surface area contributed by atoms with Gasteiger partial charge in [0.15, 0.2) is 12.4 Å². The van der Waals surface area contributed by atoms with Gasteiger partial charge in [-0.15, -0.1) is 0 Å². The minimum absolute atomic E-state index is 0.154. The standard InChI is InChI=1S/C47H82O10/c1-3-5-7-9-11-13-15-17-19-20-22-24-26-28-30-32-34-36-43(50)56-40(39-55-47-46(53)45(52)44(51)41(37-48)57-47)38-54-42(49)35-33-31-29-27-25-23-21-18-16-14-12-10-8-6-4-2/h11,13,17,19,22,24,28,30,40-41,44-48,51-53H,3-10,12,14-16,18,20-21,23,25-27,29,31-39H2,1-2H3/b13-11-,19-17-,24-22-,30-28-/t40-,41-,44-,45+,46-,47-/m1/s1. The number of esters is 2. The molecule has 10 nitrogen and oxygen atoms in total. The van der Waals surface area contributed by atoms with Crippen molar-refractivity contribution in [1.29, 1.82) is 0 Å². The van der Waals surface area contributed by atoms with Crippen LogP contribution in [0.2, 0.25) is 0 Å². The van der Waals surface area contributed by atoms with Crippen LogP contribution < -0.4 is 0 Å². The van der Waals surface area contributed by atoms with E-state index >= 15 is 0 Å². The lowest BCUT2D eigenvalue weighted by Gasteiger charge is -2.39. The molecule has 1 fully saturated rings. The maximum Gasteiger partial charge on any atom is 0.306 e. The number of ether oxygens (including phenoxy) is 4. The van der Waals surface area contributed by atoms with Gasteiger partial charge in [-0.25, -0.2) is 0 Å². The Morgan fingerprint density at radius 2 is 1.00 bits per heavy atom. The molecule has 0 aromatic carbocycles. The average Bonchev–Trinajstić information content (AvgIpc) is 3.21. The fourth-order valence-corrected chi connectivity index (χ4v) is 6.59. The predicted molar refractivity (Wildman–Crippen MR) is 229 cm³/mol. The van der Waals surface area contributed by atoms with E-state index in [-0.39, 0.29) is 32.0 Å². The number of unbranched alkanes of at least 4 members (excludes halogenated alkanes) is 18. The van der Waals surface area contributed by atoms with Gasteiger partial charge in [-0.05, 0) is 51.4 Å². The molecule has 4 N–H and O–H groups in total. The third kappa shape index (κ3) is 29.5. The molecule has 0 amide bonds. The zero-order valence-electron chi connectivity index (χ0n) is 35.8. The Kier molecular flexibility index (Phi) is 35.0. The van der Waals surface area contributed by atoms with Crippen molar-refractivity contribution in [3.05, 3.63) is 48.6 Å². The molecule has 0 aromatic heterocycles. The molecule has 330 valence electrons. The molecule has 0 spiro atoms. The number of aliphatic hydroxyl groups is 4. The summed E-state index contributed by atoms with van der Waals surface area (Å²) in [5.41, 5.74) is 0. The maximum absolute atomic E-state index is 12.7. The van der Waals surface area contributed by atoms with Crippen LogP contribution in [0.4, 0.5) is 0 Å². The summed E-state index contributed by atoms with van der Waals surface area (Å²) >= 11 is 0. The molecule has 0 aliphatic carbocycles. The van der Waals surface area contributed by atoms with E-state index in [1.807, 2.05) is 6.08 Å². The van der Waals surface area contributed by atoms with Crippen LogP contribution in [0.15, 0.2) is 48.6 Å². The van der Waals surface area contributed by atoms with Crippen LogP contribution in [-0.4, -0.2) is 89.0 Å². The second-order valence-corrected chi connectivity index (χ2v) is 15.5. The highest BCUT2D eigenvalue weighted by Crippen LogP contribution is 2.22. The van der Waals surface area contributed by atoms with Crippen molar-refractivity contribution in [3.8, 4) is 0 Å². The van der Waals surface area contributed by atoms with Gasteiger partial charge in [0.1, 0.15) is 31.0 Å². The number of allylic oxidation sites excluding steroid dienone is 8.